The second-order valence-corrected chi connectivity index (χ2v) is 10.9. The number of H-pyrrole nitrogens is 1. The molecule has 2 aromatic carbocycles. The van der Waals surface area contributed by atoms with E-state index in [1.165, 1.54) is 51.7 Å². The largest absolute Gasteiger partial charge is 0.493 e. The van der Waals surface area contributed by atoms with Crippen LogP contribution in [0.15, 0.2) is 30.5 Å². The standard InChI is InChI=1S/C15H22N2O.C15H20N2O/c2*1-17(2)8-7-11-10-16-13-5-6-14-12(15(11)13)4-3-9-18-14/h5-6,11,16H,3-4,7-10H2,1-2H3;5-6,10,16H,3-4,7-9H2,1-2H3. The molecule has 1 atom stereocenters. The van der Waals surface area contributed by atoms with E-state index in [-0.39, 0.29) is 0 Å². The molecule has 6 nitrogen and oxygen atoms in total. The fraction of sp³-hybridized carbons (Fsp3) is 0.533. The molecule has 3 aliphatic rings. The van der Waals surface area contributed by atoms with E-state index in [9.17, 15) is 0 Å². The van der Waals surface area contributed by atoms with Gasteiger partial charge in [-0.2, -0.15) is 0 Å². The average molecular weight is 491 g/mol. The number of aryl methyl sites for hydroxylation is 1. The van der Waals surface area contributed by atoms with Crippen molar-refractivity contribution in [3.63, 3.8) is 0 Å². The molecule has 6 heteroatoms. The van der Waals surface area contributed by atoms with Gasteiger partial charge in [0.2, 0.25) is 0 Å². The molecular formula is C30H42N4O2. The van der Waals surface area contributed by atoms with Crippen LogP contribution >= 0.6 is 0 Å². The van der Waals surface area contributed by atoms with Gasteiger partial charge in [0.15, 0.2) is 0 Å². The molecule has 1 unspecified atom stereocenters. The molecule has 6 rings (SSSR count). The molecule has 0 radical (unpaired) electrons. The van der Waals surface area contributed by atoms with Crippen LogP contribution in [0.3, 0.4) is 0 Å². The molecule has 1 aromatic heterocycles. The first-order chi connectivity index (χ1) is 17.5. The molecule has 0 spiro atoms. The van der Waals surface area contributed by atoms with Gasteiger partial charge >= 0.3 is 0 Å². The number of aromatic nitrogens is 1. The molecule has 0 aliphatic carbocycles. The van der Waals surface area contributed by atoms with E-state index >= 15 is 0 Å². The first kappa shape index (κ1) is 25.0. The van der Waals surface area contributed by atoms with Gasteiger partial charge in [-0.15, -0.1) is 0 Å². The van der Waals surface area contributed by atoms with Crippen LogP contribution < -0.4 is 14.8 Å². The van der Waals surface area contributed by atoms with Crippen LogP contribution in [0.5, 0.6) is 11.5 Å². The first-order valence-corrected chi connectivity index (χ1v) is 13.6. The minimum absolute atomic E-state index is 0.652. The Labute approximate surface area is 216 Å². The Balaban J connectivity index is 0.000000148. The number of rotatable bonds is 6. The highest BCUT2D eigenvalue weighted by molar-refractivity contribution is 5.89. The molecule has 2 N–H and O–H groups in total. The highest BCUT2D eigenvalue weighted by Gasteiger charge is 2.28. The number of anilines is 1. The number of ether oxygens (including phenoxy) is 2. The number of fused-ring (bicyclic) bond motifs is 6. The van der Waals surface area contributed by atoms with Gasteiger partial charge in [-0.1, -0.05) is 0 Å². The van der Waals surface area contributed by atoms with Crippen molar-refractivity contribution in [3.05, 3.63) is 52.7 Å². The fourth-order valence-corrected chi connectivity index (χ4v) is 5.79. The van der Waals surface area contributed by atoms with Gasteiger partial charge in [-0.25, -0.2) is 0 Å². The lowest BCUT2D eigenvalue weighted by Gasteiger charge is -2.23. The second kappa shape index (κ2) is 11.1. The SMILES string of the molecule is CN(C)CCC1CNc2ccc3c(c21)CCCO3.CN(C)CCc1c[nH]c2ccc3c(c12)CCCO3. The quantitative estimate of drug-likeness (QED) is 0.505. The maximum Gasteiger partial charge on any atom is 0.123 e. The lowest BCUT2D eigenvalue weighted by Crippen LogP contribution is -2.18. The average Bonchev–Trinajstić information content (AvgIpc) is 3.51. The molecule has 0 bridgehead atoms. The summed E-state index contributed by atoms with van der Waals surface area (Å²) in [6, 6.07) is 8.56. The smallest absolute Gasteiger partial charge is 0.123 e. The van der Waals surface area contributed by atoms with Crippen molar-refractivity contribution in [3.8, 4) is 11.5 Å². The van der Waals surface area contributed by atoms with Crippen molar-refractivity contribution in [2.24, 2.45) is 0 Å². The van der Waals surface area contributed by atoms with Crippen LogP contribution in [-0.4, -0.2) is 75.8 Å². The Morgan fingerprint density at radius 2 is 1.56 bits per heavy atom. The van der Waals surface area contributed by atoms with E-state index in [0.29, 0.717) is 5.92 Å². The molecule has 0 saturated carbocycles. The summed E-state index contributed by atoms with van der Waals surface area (Å²) in [4.78, 5) is 7.88. The molecule has 4 heterocycles. The summed E-state index contributed by atoms with van der Waals surface area (Å²) in [5.74, 6) is 2.86. The Kier molecular flexibility index (Phi) is 7.73. The molecule has 194 valence electrons. The van der Waals surface area contributed by atoms with Crippen molar-refractivity contribution in [1.82, 2.24) is 14.8 Å². The highest BCUT2D eigenvalue weighted by atomic mass is 16.5. The van der Waals surface area contributed by atoms with E-state index in [4.69, 9.17) is 9.47 Å². The van der Waals surface area contributed by atoms with Crippen molar-refractivity contribution >= 4 is 16.6 Å². The fourth-order valence-electron chi connectivity index (χ4n) is 5.79. The summed E-state index contributed by atoms with van der Waals surface area (Å²) >= 11 is 0. The first-order valence-electron chi connectivity index (χ1n) is 13.6. The van der Waals surface area contributed by atoms with Gasteiger partial charge in [0.05, 0.1) is 13.2 Å². The molecular weight excluding hydrogens is 448 g/mol. The molecule has 0 amide bonds. The van der Waals surface area contributed by atoms with Crippen molar-refractivity contribution < 1.29 is 9.47 Å². The van der Waals surface area contributed by atoms with E-state index in [1.807, 2.05) is 0 Å². The number of likely N-dealkylation sites (N-methyl/N-ethyl adjacent to an activating group) is 1. The summed E-state index contributed by atoms with van der Waals surface area (Å²) < 4.78 is 11.5. The van der Waals surface area contributed by atoms with Gasteiger partial charge < -0.3 is 29.6 Å². The zero-order chi connectivity index (χ0) is 25.1. The maximum atomic E-state index is 5.78. The zero-order valence-electron chi connectivity index (χ0n) is 22.5. The second-order valence-electron chi connectivity index (χ2n) is 10.9. The van der Waals surface area contributed by atoms with E-state index < -0.39 is 0 Å². The number of hydrogen-bond acceptors (Lipinski definition) is 5. The number of aromatic amines is 1. The van der Waals surface area contributed by atoms with Gasteiger partial charge in [-0.05, 0) is 114 Å². The predicted molar refractivity (Wildman–Crippen MR) is 149 cm³/mol. The van der Waals surface area contributed by atoms with Crippen molar-refractivity contribution in [2.45, 2.75) is 44.4 Å². The molecule has 3 aromatic rings. The van der Waals surface area contributed by atoms with Gasteiger partial charge in [0, 0.05) is 47.4 Å². The summed E-state index contributed by atoms with van der Waals surface area (Å²) in [5.41, 5.74) is 8.40. The molecule has 0 fully saturated rings. The van der Waals surface area contributed by atoms with Crippen LogP contribution in [0.25, 0.3) is 10.9 Å². The third-order valence-corrected chi connectivity index (χ3v) is 7.66. The van der Waals surface area contributed by atoms with Gasteiger partial charge in [0.25, 0.3) is 0 Å². The number of benzene rings is 2. The summed E-state index contributed by atoms with van der Waals surface area (Å²) in [5, 5.41) is 4.95. The lowest BCUT2D eigenvalue weighted by atomic mass is 9.89. The topological polar surface area (TPSA) is 52.8 Å². The predicted octanol–water partition coefficient (Wildman–Crippen LogP) is 5.07. The summed E-state index contributed by atoms with van der Waals surface area (Å²) in [6.07, 6.45) is 9.07. The minimum Gasteiger partial charge on any atom is -0.493 e. The lowest BCUT2D eigenvalue weighted by molar-refractivity contribution is 0.287. The highest BCUT2D eigenvalue weighted by Crippen LogP contribution is 2.42. The Hall–Kier alpha value is -2.70. The normalized spacial score (nSPS) is 18.0. The molecule has 0 saturated heterocycles. The third kappa shape index (κ3) is 5.35. The van der Waals surface area contributed by atoms with Gasteiger partial charge in [0.1, 0.15) is 11.5 Å². The molecule has 3 aliphatic heterocycles. The maximum absolute atomic E-state index is 5.78. The van der Waals surface area contributed by atoms with Crippen molar-refractivity contribution in [1.29, 1.82) is 0 Å². The van der Waals surface area contributed by atoms with Crippen LogP contribution in [0.4, 0.5) is 5.69 Å². The van der Waals surface area contributed by atoms with Crippen molar-refractivity contribution in [2.75, 3.05) is 66.4 Å². The van der Waals surface area contributed by atoms with Crippen LogP contribution in [-0.2, 0) is 19.3 Å². The monoisotopic (exact) mass is 490 g/mol. The van der Waals surface area contributed by atoms with E-state index in [2.05, 4.69) is 78.8 Å². The van der Waals surface area contributed by atoms with Gasteiger partial charge in [-0.3, -0.25) is 0 Å². The zero-order valence-corrected chi connectivity index (χ0v) is 22.5. The Bertz CT molecular complexity index is 1180. The molecule has 36 heavy (non-hydrogen) atoms. The minimum atomic E-state index is 0.652. The third-order valence-electron chi connectivity index (χ3n) is 7.66. The number of hydrogen-bond donors (Lipinski definition) is 2. The Morgan fingerprint density at radius 3 is 2.31 bits per heavy atom. The number of nitrogens with zero attached hydrogens (tertiary/aromatic N) is 2. The van der Waals surface area contributed by atoms with Crippen LogP contribution in [0.2, 0.25) is 0 Å². The number of nitrogens with one attached hydrogen (secondary N) is 2. The van der Waals surface area contributed by atoms with Crippen LogP contribution in [0, 0.1) is 0 Å². The van der Waals surface area contributed by atoms with E-state index in [1.54, 1.807) is 0 Å². The summed E-state index contributed by atoms with van der Waals surface area (Å²) in [7, 11) is 8.53. The van der Waals surface area contributed by atoms with Crippen LogP contribution in [0.1, 0.15) is 47.4 Å². The Morgan fingerprint density at radius 1 is 0.861 bits per heavy atom. The summed E-state index contributed by atoms with van der Waals surface area (Å²) in [6.45, 7) is 5.05. The van der Waals surface area contributed by atoms with E-state index in [0.717, 1.165) is 70.0 Å².